The standard InChI is InChI=1S/C14H14FN3O4S/c15-11-4-3-9(18(21)22)6-10(11)14-5-1-2-8(14)7-23-12(17-14)16-13(19)20/h3-4,6,8H,1-2,5,7H2,(H,16,17)(H,19,20). The zero-order valence-corrected chi connectivity index (χ0v) is 12.8. The van der Waals surface area contributed by atoms with Crippen molar-refractivity contribution in [3.05, 3.63) is 39.7 Å². The van der Waals surface area contributed by atoms with Crippen LogP contribution in [0.3, 0.4) is 0 Å². The minimum absolute atomic E-state index is 0.0309. The third kappa shape index (κ3) is 2.76. The zero-order chi connectivity index (χ0) is 16.6. The van der Waals surface area contributed by atoms with Crippen LogP contribution < -0.4 is 5.32 Å². The summed E-state index contributed by atoms with van der Waals surface area (Å²) in [6.07, 6.45) is 0.958. The molecule has 0 aromatic heterocycles. The number of thioether (sulfide) groups is 1. The van der Waals surface area contributed by atoms with Gasteiger partial charge < -0.3 is 5.11 Å². The Morgan fingerprint density at radius 1 is 1.57 bits per heavy atom. The molecule has 7 nitrogen and oxygen atoms in total. The highest BCUT2D eigenvalue weighted by molar-refractivity contribution is 8.13. The molecular weight excluding hydrogens is 325 g/mol. The molecule has 1 aromatic carbocycles. The number of amidine groups is 1. The quantitative estimate of drug-likeness (QED) is 0.636. The highest BCUT2D eigenvalue weighted by atomic mass is 32.2. The van der Waals surface area contributed by atoms with Gasteiger partial charge in [0.05, 0.1) is 10.5 Å². The van der Waals surface area contributed by atoms with Crippen LogP contribution in [0, 0.1) is 21.8 Å². The fourth-order valence-corrected chi connectivity index (χ4v) is 4.54. The average molecular weight is 339 g/mol. The Hall–Kier alpha value is -2.16. The van der Waals surface area contributed by atoms with Gasteiger partial charge in [0, 0.05) is 23.4 Å². The average Bonchev–Trinajstić information content (AvgIpc) is 2.90. The van der Waals surface area contributed by atoms with Gasteiger partial charge in [-0.15, -0.1) is 0 Å². The molecule has 1 aliphatic heterocycles. The van der Waals surface area contributed by atoms with Gasteiger partial charge >= 0.3 is 6.09 Å². The van der Waals surface area contributed by atoms with E-state index >= 15 is 0 Å². The second kappa shape index (κ2) is 5.80. The predicted molar refractivity (Wildman–Crippen MR) is 83.1 cm³/mol. The molecule has 2 N–H and O–H groups in total. The van der Waals surface area contributed by atoms with E-state index < -0.39 is 22.4 Å². The number of non-ortho nitro benzene ring substituents is 1. The molecule has 0 bridgehead atoms. The van der Waals surface area contributed by atoms with Crippen LogP contribution in [-0.2, 0) is 5.54 Å². The number of carboxylic acid groups (broad SMARTS) is 1. The molecule has 1 amide bonds. The van der Waals surface area contributed by atoms with Crippen LogP contribution in [0.5, 0.6) is 0 Å². The molecule has 0 radical (unpaired) electrons. The molecule has 3 rings (SSSR count). The Balaban J connectivity index is 2.11. The van der Waals surface area contributed by atoms with E-state index in [9.17, 15) is 19.3 Å². The SMILES string of the molecule is O=C(O)NC1=NC2(c3cc([N+](=O)[O-])ccc3F)CCCC2CS1. The topological polar surface area (TPSA) is 105 Å². The number of hydrogen-bond donors (Lipinski definition) is 2. The van der Waals surface area contributed by atoms with Crippen molar-refractivity contribution in [2.75, 3.05) is 5.75 Å². The highest BCUT2D eigenvalue weighted by Gasteiger charge is 2.48. The maximum Gasteiger partial charge on any atom is 0.410 e. The molecule has 0 spiro atoms. The third-order valence-corrected chi connectivity index (χ3v) is 5.39. The Morgan fingerprint density at radius 3 is 3.04 bits per heavy atom. The molecule has 0 saturated heterocycles. The van der Waals surface area contributed by atoms with E-state index in [2.05, 4.69) is 10.3 Å². The summed E-state index contributed by atoms with van der Waals surface area (Å²) in [5.41, 5.74) is -0.944. The van der Waals surface area contributed by atoms with Gasteiger partial charge in [-0.25, -0.2) is 9.18 Å². The summed E-state index contributed by atoms with van der Waals surface area (Å²) in [5, 5.41) is 22.3. The lowest BCUT2D eigenvalue weighted by Crippen LogP contribution is -2.40. The number of nitrogens with one attached hydrogen (secondary N) is 1. The molecule has 1 aromatic rings. The number of benzene rings is 1. The Morgan fingerprint density at radius 2 is 2.35 bits per heavy atom. The lowest BCUT2D eigenvalue weighted by molar-refractivity contribution is -0.385. The first kappa shape index (κ1) is 15.7. The summed E-state index contributed by atoms with van der Waals surface area (Å²) < 4.78 is 14.4. The number of halogens is 1. The van der Waals surface area contributed by atoms with E-state index in [0.717, 1.165) is 25.0 Å². The third-order valence-electron chi connectivity index (χ3n) is 4.35. The van der Waals surface area contributed by atoms with Crippen molar-refractivity contribution in [1.29, 1.82) is 0 Å². The summed E-state index contributed by atoms with van der Waals surface area (Å²) >= 11 is 1.28. The minimum Gasteiger partial charge on any atom is -0.465 e. The Kier molecular flexibility index (Phi) is 3.97. The summed E-state index contributed by atoms with van der Waals surface area (Å²) in [6, 6.07) is 3.43. The molecule has 2 atom stereocenters. The first-order chi connectivity index (χ1) is 10.9. The van der Waals surface area contributed by atoms with Crippen molar-refractivity contribution in [3.63, 3.8) is 0 Å². The van der Waals surface area contributed by atoms with E-state index in [0.29, 0.717) is 12.2 Å². The Bertz CT molecular complexity index is 711. The van der Waals surface area contributed by atoms with Gasteiger partial charge in [-0.3, -0.25) is 20.4 Å². The van der Waals surface area contributed by atoms with Crippen molar-refractivity contribution in [2.45, 2.75) is 24.8 Å². The summed E-state index contributed by atoms with van der Waals surface area (Å²) in [6.45, 7) is 0. The van der Waals surface area contributed by atoms with Gasteiger partial charge in [-0.2, -0.15) is 0 Å². The number of rotatable bonds is 2. The van der Waals surface area contributed by atoms with Crippen molar-refractivity contribution in [1.82, 2.24) is 5.32 Å². The van der Waals surface area contributed by atoms with Gasteiger partial charge in [-0.05, 0) is 24.8 Å². The van der Waals surface area contributed by atoms with Crippen LogP contribution in [0.2, 0.25) is 0 Å². The second-order valence-electron chi connectivity index (χ2n) is 5.59. The van der Waals surface area contributed by atoms with Crippen molar-refractivity contribution < 1.29 is 19.2 Å². The van der Waals surface area contributed by atoms with Gasteiger partial charge in [0.25, 0.3) is 5.69 Å². The van der Waals surface area contributed by atoms with E-state index in [1.807, 2.05) is 0 Å². The van der Waals surface area contributed by atoms with Crippen LogP contribution >= 0.6 is 11.8 Å². The van der Waals surface area contributed by atoms with Gasteiger partial charge in [-0.1, -0.05) is 18.2 Å². The van der Waals surface area contributed by atoms with Crippen molar-refractivity contribution in [2.24, 2.45) is 10.9 Å². The van der Waals surface area contributed by atoms with Crippen LogP contribution in [0.15, 0.2) is 23.2 Å². The number of carbonyl (C=O) groups is 1. The summed E-state index contributed by atoms with van der Waals surface area (Å²) in [5.74, 6) is 0.0810. The molecule has 23 heavy (non-hydrogen) atoms. The molecule has 1 heterocycles. The molecule has 9 heteroatoms. The number of hydrogen-bond acceptors (Lipinski definition) is 5. The maximum absolute atomic E-state index is 14.4. The lowest BCUT2D eigenvalue weighted by Gasteiger charge is -2.36. The van der Waals surface area contributed by atoms with Crippen molar-refractivity contribution >= 4 is 28.7 Å². The van der Waals surface area contributed by atoms with Crippen LogP contribution in [0.4, 0.5) is 14.9 Å². The van der Waals surface area contributed by atoms with E-state index in [4.69, 9.17) is 5.11 Å². The summed E-state index contributed by atoms with van der Waals surface area (Å²) in [7, 11) is 0. The molecule has 2 aliphatic rings. The summed E-state index contributed by atoms with van der Waals surface area (Å²) in [4.78, 5) is 25.7. The second-order valence-corrected chi connectivity index (χ2v) is 6.60. The molecule has 1 saturated carbocycles. The highest BCUT2D eigenvalue weighted by Crippen LogP contribution is 2.52. The number of fused-ring (bicyclic) bond motifs is 1. The van der Waals surface area contributed by atoms with Gasteiger partial charge in [0.15, 0.2) is 5.17 Å². The smallest absolute Gasteiger partial charge is 0.410 e. The zero-order valence-electron chi connectivity index (χ0n) is 12.0. The molecule has 122 valence electrons. The minimum atomic E-state index is -1.23. The fraction of sp³-hybridized carbons (Fsp3) is 0.429. The monoisotopic (exact) mass is 339 g/mol. The number of nitro groups is 1. The van der Waals surface area contributed by atoms with Crippen LogP contribution in [0.1, 0.15) is 24.8 Å². The van der Waals surface area contributed by atoms with E-state index in [1.165, 1.54) is 17.8 Å². The number of nitrogens with zero attached hydrogens (tertiary/aromatic N) is 2. The normalized spacial score (nSPS) is 26.3. The van der Waals surface area contributed by atoms with Crippen LogP contribution in [-0.4, -0.2) is 27.0 Å². The number of amides is 1. The van der Waals surface area contributed by atoms with E-state index in [-0.39, 0.29) is 22.3 Å². The maximum atomic E-state index is 14.4. The molecular formula is C14H14FN3O4S. The largest absolute Gasteiger partial charge is 0.465 e. The lowest BCUT2D eigenvalue weighted by atomic mass is 9.81. The Labute approximate surface area is 135 Å². The van der Waals surface area contributed by atoms with Crippen molar-refractivity contribution in [3.8, 4) is 0 Å². The van der Waals surface area contributed by atoms with Gasteiger partial charge in [0.1, 0.15) is 5.82 Å². The molecule has 1 fully saturated rings. The first-order valence-electron chi connectivity index (χ1n) is 7.09. The number of aliphatic imine (C=N–C) groups is 1. The first-order valence-corrected chi connectivity index (χ1v) is 8.08. The number of nitro benzene ring substituents is 1. The predicted octanol–water partition coefficient (Wildman–Crippen LogP) is 3.10. The van der Waals surface area contributed by atoms with Gasteiger partial charge in [0.2, 0.25) is 0 Å². The van der Waals surface area contributed by atoms with Crippen LogP contribution in [0.25, 0.3) is 0 Å². The fourth-order valence-electron chi connectivity index (χ4n) is 3.35. The van der Waals surface area contributed by atoms with E-state index in [1.54, 1.807) is 0 Å². The molecule has 1 aliphatic carbocycles. The molecule has 2 unspecified atom stereocenters.